The van der Waals surface area contributed by atoms with Gasteiger partial charge in [-0.1, -0.05) is 64.9 Å². The second-order valence-corrected chi connectivity index (χ2v) is 7.91. The van der Waals surface area contributed by atoms with Gasteiger partial charge in [0.2, 0.25) is 10.1 Å². The molecule has 6 nitrogen and oxygen atoms in total. The van der Waals surface area contributed by atoms with Crippen LogP contribution in [0.5, 0.6) is 0 Å². The molecule has 0 saturated heterocycles. The van der Waals surface area contributed by atoms with Crippen molar-refractivity contribution in [1.29, 1.82) is 0 Å². The van der Waals surface area contributed by atoms with E-state index in [4.69, 9.17) is 28.3 Å². The van der Waals surface area contributed by atoms with Crippen molar-refractivity contribution in [3.8, 4) is 11.3 Å². The fourth-order valence-electron chi connectivity index (χ4n) is 2.72. The second kappa shape index (κ2) is 8.24. The van der Waals surface area contributed by atoms with Gasteiger partial charge in [0.05, 0.1) is 21.9 Å². The first kappa shape index (κ1) is 19.4. The number of rotatable bonds is 6. The van der Waals surface area contributed by atoms with Gasteiger partial charge in [0.1, 0.15) is 0 Å². The Balaban J connectivity index is 1.52. The standard InChI is InChI=1S/C20H14Cl2N4O2S/c21-15-7-3-13(9-16(15)22)10-23-19-25-26-17(11-24-20(26)29-19)14-5-1-12(2-6-14)4-8-18(27)28/h1-9,11H,10H2,(H,23,25)(H,27,28). The summed E-state index contributed by atoms with van der Waals surface area (Å²) in [6, 6.07) is 13.0. The van der Waals surface area contributed by atoms with Gasteiger partial charge in [-0.3, -0.25) is 0 Å². The van der Waals surface area contributed by atoms with E-state index < -0.39 is 5.97 Å². The summed E-state index contributed by atoms with van der Waals surface area (Å²) >= 11 is 13.5. The monoisotopic (exact) mass is 444 g/mol. The zero-order chi connectivity index (χ0) is 20.4. The Kier molecular flexibility index (Phi) is 5.53. The molecule has 0 unspecified atom stereocenters. The summed E-state index contributed by atoms with van der Waals surface area (Å²) in [5.74, 6) is -0.977. The molecule has 2 aromatic heterocycles. The highest BCUT2D eigenvalue weighted by Gasteiger charge is 2.11. The predicted molar refractivity (Wildman–Crippen MR) is 117 cm³/mol. The highest BCUT2D eigenvalue weighted by Crippen LogP contribution is 2.27. The lowest BCUT2D eigenvalue weighted by Gasteiger charge is -2.04. The zero-order valence-electron chi connectivity index (χ0n) is 14.8. The van der Waals surface area contributed by atoms with Crippen LogP contribution in [0.25, 0.3) is 22.3 Å². The van der Waals surface area contributed by atoms with Gasteiger partial charge in [-0.25, -0.2) is 14.3 Å². The number of fused-ring (bicyclic) bond motifs is 1. The normalized spacial score (nSPS) is 11.4. The van der Waals surface area contributed by atoms with Crippen molar-refractivity contribution in [2.45, 2.75) is 6.54 Å². The van der Waals surface area contributed by atoms with E-state index in [1.807, 2.05) is 36.4 Å². The lowest BCUT2D eigenvalue weighted by molar-refractivity contribution is -0.131. The number of hydrogen-bond acceptors (Lipinski definition) is 5. The van der Waals surface area contributed by atoms with Crippen LogP contribution in [0.4, 0.5) is 5.13 Å². The molecule has 0 aliphatic carbocycles. The van der Waals surface area contributed by atoms with Crippen LogP contribution in [0, 0.1) is 0 Å². The van der Waals surface area contributed by atoms with Crippen LogP contribution in [0.3, 0.4) is 0 Å². The van der Waals surface area contributed by atoms with Crippen LogP contribution in [0.15, 0.2) is 54.7 Å². The van der Waals surface area contributed by atoms with Crippen molar-refractivity contribution in [1.82, 2.24) is 14.6 Å². The summed E-state index contributed by atoms with van der Waals surface area (Å²) < 4.78 is 1.78. The Morgan fingerprint density at radius 3 is 2.69 bits per heavy atom. The number of imidazole rings is 1. The highest BCUT2D eigenvalue weighted by atomic mass is 35.5. The van der Waals surface area contributed by atoms with Crippen molar-refractivity contribution < 1.29 is 9.90 Å². The number of carbonyl (C=O) groups is 1. The molecule has 2 heterocycles. The third-order valence-electron chi connectivity index (χ3n) is 4.14. The molecular formula is C20H14Cl2N4O2S. The van der Waals surface area contributed by atoms with E-state index in [1.54, 1.807) is 22.9 Å². The van der Waals surface area contributed by atoms with Gasteiger partial charge in [-0.15, -0.1) is 5.10 Å². The third kappa shape index (κ3) is 4.42. The summed E-state index contributed by atoms with van der Waals surface area (Å²) in [6.45, 7) is 0.563. The SMILES string of the molecule is O=C(O)C=Cc1ccc(-c2cnc3sc(NCc4ccc(Cl)c(Cl)c4)nn23)cc1. The Morgan fingerprint density at radius 1 is 1.17 bits per heavy atom. The zero-order valence-corrected chi connectivity index (χ0v) is 17.2. The quantitative estimate of drug-likeness (QED) is 0.385. The van der Waals surface area contributed by atoms with Crippen molar-refractivity contribution in [3.63, 3.8) is 0 Å². The molecule has 146 valence electrons. The number of halogens is 2. The molecule has 0 aliphatic rings. The molecule has 2 aromatic carbocycles. The van der Waals surface area contributed by atoms with E-state index in [0.29, 0.717) is 16.6 Å². The molecule has 9 heteroatoms. The minimum atomic E-state index is -0.977. The largest absolute Gasteiger partial charge is 0.478 e. The van der Waals surface area contributed by atoms with Crippen LogP contribution in [-0.2, 0) is 11.3 Å². The first-order valence-corrected chi connectivity index (χ1v) is 10.1. The van der Waals surface area contributed by atoms with Gasteiger partial charge in [0.15, 0.2) is 0 Å². The molecule has 0 fully saturated rings. The summed E-state index contributed by atoms with van der Waals surface area (Å²) in [7, 11) is 0. The Bertz CT molecular complexity index is 1220. The van der Waals surface area contributed by atoms with Crippen LogP contribution in [0.2, 0.25) is 10.0 Å². The van der Waals surface area contributed by atoms with Gasteiger partial charge < -0.3 is 10.4 Å². The van der Waals surface area contributed by atoms with Crippen LogP contribution >= 0.6 is 34.5 Å². The smallest absolute Gasteiger partial charge is 0.328 e. The number of carboxylic acid groups (broad SMARTS) is 1. The van der Waals surface area contributed by atoms with E-state index in [-0.39, 0.29) is 0 Å². The van der Waals surface area contributed by atoms with Crippen LogP contribution < -0.4 is 5.32 Å². The Labute approximate surface area is 180 Å². The molecule has 0 radical (unpaired) electrons. The molecule has 0 spiro atoms. The predicted octanol–water partition coefficient (Wildman–Crippen LogP) is 5.47. The first-order chi connectivity index (χ1) is 14.0. The van der Waals surface area contributed by atoms with Crippen molar-refractivity contribution in [2.75, 3.05) is 5.32 Å². The summed E-state index contributed by atoms with van der Waals surface area (Å²) in [5, 5.41) is 18.4. The molecule has 2 N–H and O–H groups in total. The number of hydrogen-bond donors (Lipinski definition) is 2. The molecule has 29 heavy (non-hydrogen) atoms. The summed E-state index contributed by atoms with van der Waals surface area (Å²) in [5.41, 5.74) is 3.59. The number of aromatic nitrogens is 3. The molecular weight excluding hydrogens is 431 g/mol. The summed E-state index contributed by atoms with van der Waals surface area (Å²) in [6.07, 6.45) is 4.42. The van der Waals surface area contributed by atoms with Crippen LogP contribution in [0.1, 0.15) is 11.1 Å². The van der Waals surface area contributed by atoms with E-state index in [9.17, 15) is 4.79 Å². The van der Waals surface area contributed by atoms with Gasteiger partial charge in [-0.05, 0) is 29.3 Å². The molecule has 0 aliphatic heterocycles. The molecule has 0 bridgehead atoms. The maximum absolute atomic E-state index is 10.6. The molecule has 0 saturated carbocycles. The van der Waals surface area contributed by atoms with Gasteiger partial charge >= 0.3 is 5.97 Å². The van der Waals surface area contributed by atoms with E-state index >= 15 is 0 Å². The van der Waals surface area contributed by atoms with E-state index in [0.717, 1.165) is 38.6 Å². The fraction of sp³-hybridized carbons (Fsp3) is 0.0500. The number of nitrogens with zero attached hydrogens (tertiary/aromatic N) is 3. The number of benzene rings is 2. The molecule has 0 amide bonds. The molecule has 4 rings (SSSR count). The fourth-order valence-corrected chi connectivity index (χ4v) is 3.81. The average Bonchev–Trinajstić information content (AvgIpc) is 3.28. The van der Waals surface area contributed by atoms with Crippen molar-refractivity contribution in [2.24, 2.45) is 0 Å². The maximum Gasteiger partial charge on any atom is 0.328 e. The summed E-state index contributed by atoms with van der Waals surface area (Å²) in [4.78, 5) is 15.8. The lowest BCUT2D eigenvalue weighted by Crippen LogP contribution is -2.00. The molecule has 0 atom stereocenters. The third-order valence-corrected chi connectivity index (χ3v) is 5.76. The average molecular weight is 445 g/mol. The van der Waals surface area contributed by atoms with Gasteiger partial charge in [0.25, 0.3) is 0 Å². The topological polar surface area (TPSA) is 79.5 Å². The number of carboxylic acids is 1. The van der Waals surface area contributed by atoms with Crippen LogP contribution in [-0.4, -0.2) is 25.7 Å². The number of aliphatic carboxylic acids is 1. The van der Waals surface area contributed by atoms with Gasteiger partial charge in [0, 0.05) is 18.2 Å². The van der Waals surface area contributed by atoms with Crippen molar-refractivity contribution >= 4 is 56.7 Å². The molecule has 4 aromatic rings. The second-order valence-electron chi connectivity index (χ2n) is 6.14. The minimum Gasteiger partial charge on any atom is -0.478 e. The number of nitrogens with one attached hydrogen (secondary N) is 1. The minimum absolute atomic E-state index is 0.517. The highest BCUT2D eigenvalue weighted by molar-refractivity contribution is 7.20. The Morgan fingerprint density at radius 2 is 1.97 bits per heavy atom. The lowest BCUT2D eigenvalue weighted by atomic mass is 10.1. The van der Waals surface area contributed by atoms with Crippen molar-refractivity contribution in [3.05, 3.63) is 75.9 Å². The maximum atomic E-state index is 10.6. The number of anilines is 1. The van der Waals surface area contributed by atoms with E-state index in [2.05, 4.69) is 15.4 Å². The first-order valence-electron chi connectivity index (χ1n) is 8.53. The van der Waals surface area contributed by atoms with Gasteiger partial charge in [-0.2, -0.15) is 0 Å². The Hall–Kier alpha value is -2.87. The van der Waals surface area contributed by atoms with E-state index in [1.165, 1.54) is 11.3 Å².